The van der Waals surface area contributed by atoms with Crippen LogP contribution in [-0.4, -0.2) is 30.1 Å². The monoisotopic (exact) mass is 263 g/mol. The van der Waals surface area contributed by atoms with Crippen LogP contribution in [0.25, 0.3) is 10.9 Å². The van der Waals surface area contributed by atoms with Crippen LogP contribution < -0.4 is 5.56 Å². The lowest BCUT2D eigenvalue weighted by atomic mass is 10.1. The number of ether oxygens (including phenoxy) is 1. The molecule has 0 aliphatic rings. The van der Waals surface area contributed by atoms with Crippen molar-refractivity contribution in [2.75, 3.05) is 14.2 Å². The van der Waals surface area contributed by atoms with Gasteiger partial charge in [0.2, 0.25) is 0 Å². The molecule has 1 N–H and O–H groups in total. The number of carbonyl (C=O) groups excluding carboxylic acids is 1. The van der Waals surface area contributed by atoms with Crippen LogP contribution in [0.1, 0.15) is 10.4 Å². The molecule has 0 aliphatic heterocycles. The summed E-state index contributed by atoms with van der Waals surface area (Å²) in [4.78, 5) is 41.7. The van der Waals surface area contributed by atoms with E-state index < -0.39 is 11.5 Å². The minimum atomic E-state index is -0.713. The maximum absolute atomic E-state index is 11.7. The van der Waals surface area contributed by atoms with Gasteiger partial charge in [0.25, 0.3) is 10.5 Å². The van der Waals surface area contributed by atoms with Crippen LogP contribution in [0.2, 0.25) is 0 Å². The topological polar surface area (TPSA) is 88.5 Å². The fourth-order valence-corrected chi connectivity index (χ4v) is 1.67. The van der Waals surface area contributed by atoms with Gasteiger partial charge in [-0.15, -0.1) is 0 Å². The highest BCUT2D eigenvalue weighted by Gasteiger charge is 2.17. The summed E-state index contributed by atoms with van der Waals surface area (Å²) in [5, 5.41) is 0.605. The molecule has 0 saturated carbocycles. The lowest BCUT2D eigenvalue weighted by Gasteiger charge is -2.01. The number of pyridine rings is 1. The number of fused-ring (bicyclic) bond motifs is 1. The summed E-state index contributed by atoms with van der Waals surface area (Å²) < 4.78 is 4.51. The number of benzene rings is 1. The zero-order valence-electron chi connectivity index (χ0n) is 10.3. The Labute approximate surface area is 107 Å². The summed E-state index contributed by atoms with van der Waals surface area (Å²) in [7, 11) is 2.43. The van der Waals surface area contributed by atoms with E-state index in [0.717, 1.165) is 0 Å². The van der Waals surface area contributed by atoms with Gasteiger partial charge < -0.3 is 9.72 Å². The van der Waals surface area contributed by atoms with Crippen LogP contribution in [-0.2, 0) is 9.57 Å². The molecule has 7 heteroatoms. The van der Waals surface area contributed by atoms with Crippen LogP contribution >= 0.6 is 0 Å². The first kappa shape index (κ1) is 12.7. The first-order valence-electron chi connectivity index (χ1n) is 5.33. The van der Waals surface area contributed by atoms with E-state index in [-0.39, 0.29) is 11.3 Å². The van der Waals surface area contributed by atoms with Crippen molar-refractivity contribution in [1.82, 2.24) is 4.98 Å². The van der Waals surface area contributed by atoms with Crippen LogP contribution in [0.4, 0.5) is 5.69 Å². The molecule has 7 nitrogen and oxygen atoms in total. The van der Waals surface area contributed by atoms with Gasteiger partial charge in [0.1, 0.15) is 5.56 Å². The fraction of sp³-hybridized carbons (Fsp3) is 0.167. The molecule has 0 radical (unpaired) electrons. The molecular formula is C12H11N2O5+. The molecule has 0 fully saturated rings. The molecule has 1 heterocycles. The van der Waals surface area contributed by atoms with Crippen LogP contribution in [0, 0.1) is 4.91 Å². The van der Waals surface area contributed by atoms with Crippen molar-refractivity contribution in [2.45, 2.75) is 0 Å². The van der Waals surface area contributed by atoms with E-state index in [9.17, 15) is 14.5 Å². The van der Waals surface area contributed by atoms with Gasteiger partial charge in [0.05, 0.1) is 17.5 Å². The molecule has 19 heavy (non-hydrogen) atoms. The van der Waals surface area contributed by atoms with E-state index in [0.29, 0.717) is 15.8 Å². The fourth-order valence-electron chi connectivity index (χ4n) is 1.67. The summed E-state index contributed by atoms with van der Waals surface area (Å²) in [6, 6.07) is 5.97. The van der Waals surface area contributed by atoms with Gasteiger partial charge in [0, 0.05) is 12.1 Å². The lowest BCUT2D eigenvalue weighted by molar-refractivity contribution is -0.736. The molecule has 0 atom stereocenters. The third-order valence-electron chi connectivity index (χ3n) is 2.61. The molecule has 0 amide bonds. The lowest BCUT2D eigenvalue weighted by Crippen LogP contribution is -2.18. The Bertz CT molecular complexity index is 720. The second kappa shape index (κ2) is 4.89. The average molecular weight is 263 g/mol. The van der Waals surface area contributed by atoms with Gasteiger partial charge in [-0.3, -0.25) is 4.79 Å². The second-order valence-corrected chi connectivity index (χ2v) is 3.71. The van der Waals surface area contributed by atoms with Gasteiger partial charge in [-0.2, -0.15) is 0 Å². The minimum Gasteiger partial charge on any atom is -0.465 e. The molecule has 1 aromatic carbocycles. The number of hydrogen-bond donors (Lipinski definition) is 1. The van der Waals surface area contributed by atoms with Crippen LogP contribution in [0.15, 0.2) is 29.1 Å². The molecule has 0 bridgehead atoms. The molecule has 98 valence electrons. The maximum Gasteiger partial charge on any atom is 0.343 e. The van der Waals surface area contributed by atoms with Crippen LogP contribution in [0.3, 0.4) is 0 Å². The highest BCUT2D eigenvalue weighted by Crippen LogP contribution is 2.19. The number of aromatic nitrogens is 1. The summed E-state index contributed by atoms with van der Waals surface area (Å²) in [6.45, 7) is 0. The predicted octanol–water partition coefficient (Wildman–Crippen LogP) is 1.29. The number of hydrogen-bond acceptors (Lipinski definition) is 5. The average Bonchev–Trinajstić information content (AvgIpc) is 2.44. The number of nitrogens with zero attached hydrogens (tertiary/aromatic N) is 1. The highest BCUT2D eigenvalue weighted by atomic mass is 16.8. The third-order valence-corrected chi connectivity index (χ3v) is 2.61. The summed E-state index contributed by atoms with van der Waals surface area (Å²) in [5.41, 5.74) is -0.00985. The standard InChI is InChI=1S/C12H10N2O5/c1-18-12(16)9-5-7-3-4-8(14(17)19-2)6-10(7)13-11(9)15/h3-6H,1-2H3/p+1. The van der Waals surface area contributed by atoms with Crippen molar-refractivity contribution in [2.24, 2.45) is 0 Å². The van der Waals surface area contributed by atoms with Gasteiger partial charge in [0.15, 0.2) is 7.11 Å². The Morgan fingerprint density at radius 2 is 2.00 bits per heavy atom. The number of carbonyl (C=O) groups is 1. The molecule has 2 rings (SSSR count). The van der Waals surface area contributed by atoms with E-state index in [1.54, 1.807) is 6.07 Å². The van der Waals surface area contributed by atoms with Crippen molar-refractivity contribution in [1.29, 1.82) is 0 Å². The number of esters is 1. The Morgan fingerprint density at radius 1 is 1.26 bits per heavy atom. The van der Waals surface area contributed by atoms with Crippen molar-refractivity contribution in [3.63, 3.8) is 0 Å². The molecule has 1 aromatic heterocycles. The number of H-pyrrole nitrogens is 1. The van der Waals surface area contributed by atoms with Crippen molar-refractivity contribution in [3.8, 4) is 0 Å². The number of aromatic amines is 1. The quantitative estimate of drug-likeness (QED) is 0.665. The van der Waals surface area contributed by atoms with Crippen molar-refractivity contribution >= 4 is 22.6 Å². The van der Waals surface area contributed by atoms with Crippen LogP contribution in [0.5, 0.6) is 0 Å². The first-order valence-corrected chi connectivity index (χ1v) is 5.33. The smallest absolute Gasteiger partial charge is 0.343 e. The van der Waals surface area contributed by atoms with E-state index in [1.165, 1.54) is 32.4 Å². The van der Waals surface area contributed by atoms with E-state index in [1.807, 2.05) is 0 Å². The molecule has 0 unspecified atom stereocenters. The molecule has 0 spiro atoms. The Hall–Kier alpha value is -2.70. The first-order chi connectivity index (χ1) is 9.06. The largest absolute Gasteiger partial charge is 0.465 e. The summed E-state index contributed by atoms with van der Waals surface area (Å²) >= 11 is 0. The number of rotatable bonds is 3. The minimum absolute atomic E-state index is 0.0894. The zero-order valence-corrected chi connectivity index (χ0v) is 10.3. The van der Waals surface area contributed by atoms with Crippen molar-refractivity contribution < 1.29 is 19.3 Å². The maximum atomic E-state index is 11.7. The Balaban J connectivity index is 2.61. The predicted molar refractivity (Wildman–Crippen MR) is 66.2 cm³/mol. The van der Waals surface area contributed by atoms with Gasteiger partial charge >= 0.3 is 11.7 Å². The SMILES string of the molecule is COC(=O)c1cc2ccc([N+](=O)OC)cc2[nH]c1=O. The second-order valence-electron chi connectivity index (χ2n) is 3.71. The normalized spacial score (nSPS) is 10.2. The molecular weight excluding hydrogens is 252 g/mol. The van der Waals surface area contributed by atoms with Gasteiger partial charge in [-0.25, -0.2) is 9.63 Å². The zero-order chi connectivity index (χ0) is 14.0. The summed E-state index contributed by atoms with van der Waals surface area (Å²) in [5.74, 6) is -0.713. The number of nitrogens with one attached hydrogen (secondary N) is 1. The van der Waals surface area contributed by atoms with Gasteiger partial charge in [-0.05, 0) is 17.5 Å². The molecule has 0 aliphatic carbocycles. The Morgan fingerprint density at radius 3 is 2.63 bits per heavy atom. The van der Waals surface area contributed by atoms with E-state index >= 15 is 0 Å². The molecule has 2 aromatic rings. The third kappa shape index (κ3) is 2.30. The highest BCUT2D eigenvalue weighted by molar-refractivity contribution is 5.93. The summed E-state index contributed by atoms with van der Waals surface area (Å²) in [6.07, 6.45) is 0. The van der Waals surface area contributed by atoms with E-state index in [4.69, 9.17) is 0 Å². The molecule has 0 saturated heterocycles. The van der Waals surface area contributed by atoms with Gasteiger partial charge in [-0.1, -0.05) is 0 Å². The van der Waals surface area contributed by atoms with Crippen molar-refractivity contribution in [3.05, 3.63) is 45.1 Å². The van der Waals surface area contributed by atoms with E-state index in [2.05, 4.69) is 14.6 Å². The Kier molecular flexibility index (Phi) is 3.28. The number of methoxy groups -OCH3 is 1.